The summed E-state index contributed by atoms with van der Waals surface area (Å²) in [6.07, 6.45) is 8.77. The Labute approximate surface area is 169 Å². The molecule has 1 aromatic heterocycles. The fourth-order valence-electron chi connectivity index (χ4n) is 3.86. The second-order valence-electron chi connectivity index (χ2n) is 7.47. The standard InChI is InChI=1S/C9H7N2O2S.3C4H9.Sn/c12-14(13,11-8-4-7-10-11)9-5-2-1-3-6-9;3*1-3-4-2;/h1-7H;3*1,3-4H2,2H3;. The molecule has 4 nitrogen and oxygen atoms in total. The van der Waals surface area contributed by atoms with Gasteiger partial charge in [0.25, 0.3) is 0 Å². The van der Waals surface area contributed by atoms with Gasteiger partial charge in [0.05, 0.1) is 0 Å². The van der Waals surface area contributed by atoms with Gasteiger partial charge < -0.3 is 0 Å². The van der Waals surface area contributed by atoms with Gasteiger partial charge in [0.2, 0.25) is 0 Å². The third kappa shape index (κ3) is 5.37. The van der Waals surface area contributed by atoms with Crippen LogP contribution in [0.15, 0.2) is 47.5 Å². The van der Waals surface area contributed by atoms with E-state index in [0.29, 0.717) is 4.90 Å². The Morgan fingerprint density at radius 1 is 0.852 bits per heavy atom. The van der Waals surface area contributed by atoms with E-state index in [9.17, 15) is 8.42 Å². The van der Waals surface area contributed by atoms with Crippen LogP contribution in [0, 0.1) is 0 Å². The molecule has 0 atom stereocenters. The average Bonchev–Trinajstić information content (AvgIpc) is 3.20. The SMILES string of the molecule is CCC[CH2][Sn]([CH2]CCC)([CH2]CCC)[c]1ccnn1S(=O)(=O)c1ccccc1. The van der Waals surface area contributed by atoms with Crippen molar-refractivity contribution in [2.75, 3.05) is 0 Å². The molecule has 1 heterocycles. The van der Waals surface area contributed by atoms with E-state index in [1.165, 1.54) is 36.7 Å². The zero-order chi connectivity index (χ0) is 19.8. The van der Waals surface area contributed by atoms with Crippen molar-refractivity contribution in [2.24, 2.45) is 0 Å². The van der Waals surface area contributed by atoms with Crippen LogP contribution < -0.4 is 3.71 Å². The summed E-state index contributed by atoms with van der Waals surface area (Å²) in [7, 11) is -3.63. The normalized spacial score (nSPS) is 12.4. The van der Waals surface area contributed by atoms with Crippen molar-refractivity contribution in [3.63, 3.8) is 0 Å². The van der Waals surface area contributed by atoms with Crippen LogP contribution in [0.5, 0.6) is 0 Å². The van der Waals surface area contributed by atoms with Crippen molar-refractivity contribution < 1.29 is 8.42 Å². The van der Waals surface area contributed by atoms with Crippen LogP contribution in [0.1, 0.15) is 59.3 Å². The molecule has 0 aliphatic rings. The van der Waals surface area contributed by atoms with Crippen LogP contribution in [-0.2, 0) is 10.0 Å². The maximum absolute atomic E-state index is 13.3. The zero-order valence-corrected chi connectivity index (χ0v) is 20.7. The summed E-state index contributed by atoms with van der Waals surface area (Å²) in [5, 5.41) is 4.34. The second-order valence-corrected chi connectivity index (χ2v) is 22.3. The van der Waals surface area contributed by atoms with Crippen LogP contribution in [0.25, 0.3) is 0 Å². The van der Waals surface area contributed by atoms with E-state index in [-0.39, 0.29) is 0 Å². The molecule has 0 aliphatic carbocycles. The molecule has 0 radical (unpaired) electrons. The molecule has 2 aromatic rings. The van der Waals surface area contributed by atoms with Crippen molar-refractivity contribution in [2.45, 2.75) is 77.5 Å². The predicted molar refractivity (Wildman–Crippen MR) is 116 cm³/mol. The van der Waals surface area contributed by atoms with Gasteiger partial charge >= 0.3 is 170 Å². The maximum atomic E-state index is 13.3. The number of aromatic nitrogens is 2. The van der Waals surface area contributed by atoms with Crippen LogP contribution in [0.4, 0.5) is 0 Å². The summed E-state index contributed by atoms with van der Waals surface area (Å²) in [6.45, 7) is 6.69. The number of nitrogens with zero attached hydrogens (tertiary/aromatic N) is 2. The molecular weight excluding hydrogens is 463 g/mol. The van der Waals surface area contributed by atoms with E-state index >= 15 is 0 Å². The summed E-state index contributed by atoms with van der Waals surface area (Å²) in [5.74, 6) is 0. The molecule has 0 aliphatic heterocycles. The van der Waals surface area contributed by atoms with Gasteiger partial charge in [-0.05, 0) is 0 Å². The number of hydrogen-bond acceptors (Lipinski definition) is 3. The molecule has 0 amide bonds. The number of unbranched alkanes of at least 4 members (excludes halogenated alkanes) is 3. The third-order valence-corrected chi connectivity index (χ3v) is 22.9. The molecule has 27 heavy (non-hydrogen) atoms. The van der Waals surface area contributed by atoms with Crippen LogP contribution in [0.2, 0.25) is 13.3 Å². The molecule has 6 heteroatoms. The first-order valence-corrected chi connectivity index (χ1v) is 19.3. The zero-order valence-electron chi connectivity index (χ0n) is 17.0. The molecule has 0 spiro atoms. The third-order valence-electron chi connectivity index (χ3n) is 5.45. The van der Waals surface area contributed by atoms with Crippen LogP contribution in [-0.4, -0.2) is 36.0 Å². The van der Waals surface area contributed by atoms with Crippen molar-refractivity contribution in [3.05, 3.63) is 42.6 Å². The quantitative estimate of drug-likeness (QED) is 0.380. The van der Waals surface area contributed by atoms with Gasteiger partial charge in [-0.1, -0.05) is 0 Å². The Bertz CT molecular complexity index is 766. The van der Waals surface area contributed by atoms with Gasteiger partial charge in [0.1, 0.15) is 0 Å². The topological polar surface area (TPSA) is 52.0 Å². The summed E-state index contributed by atoms with van der Waals surface area (Å²) >= 11 is -2.88. The Morgan fingerprint density at radius 3 is 1.85 bits per heavy atom. The Hall–Kier alpha value is -0.821. The van der Waals surface area contributed by atoms with E-state index < -0.39 is 28.4 Å². The number of benzene rings is 1. The second kappa shape index (κ2) is 10.6. The molecule has 2 rings (SSSR count). The van der Waals surface area contributed by atoms with Gasteiger partial charge in [-0.15, -0.1) is 0 Å². The molecule has 0 N–H and O–H groups in total. The summed E-state index contributed by atoms with van der Waals surface area (Å²) in [5.41, 5.74) is 0. The van der Waals surface area contributed by atoms with Crippen molar-refractivity contribution in [1.82, 2.24) is 9.19 Å². The fourth-order valence-corrected chi connectivity index (χ4v) is 23.1. The number of rotatable bonds is 12. The first-order valence-electron chi connectivity index (χ1n) is 10.4. The monoisotopic (exact) mass is 498 g/mol. The molecule has 0 saturated heterocycles. The fraction of sp³-hybridized carbons (Fsp3) is 0.571. The molecule has 0 saturated carbocycles. The van der Waals surface area contributed by atoms with E-state index in [4.69, 9.17) is 0 Å². The van der Waals surface area contributed by atoms with E-state index in [2.05, 4.69) is 25.9 Å². The number of hydrogen-bond donors (Lipinski definition) is 0. The minimum absolute atomic E-state index is 0.330. The van der Waals surface area contributed by atoms with Crippen LogP contribution >= 0.6 is 0 Å². The van der Waals surface area contributed by atoms with Gasteiger partial charge in [-0.25, -0.2) is 0 Å². The molecule has 0 unspecified atom stereocenters. The summed E-state index contributed by atoms with van der Waals surface area (Å²) < 4.78 is 32.8. The van der Waals surface area contributed by atoms with E-state index in [1.54, 1.807) is 30.5 Å². The molecule has 150 valence electrons. The van der Waals surface area contributed by atoms with Gasteiger partial charge in [-0.3, -0.25) is 0 Å². The van der Waals surface area contributed by atoms with Gasteiger partial charge in [0.15, 0.2) is 0 Å². The molecule has 1 aromatic carbocycles. The minimum atomic E-state index is -3.63. The molecule has 0 fully saturated rings. The Morgan fingerprint density at radius 2 is 1.37 bits per heavy atom. The van der Waals surface area contributed by atoms with E-state index in [0.717, 1.165) is 23.0 Å². The Kier molecular flexibility index (Phi) is 8.86. The van der Waals surface area contributed by atoms with Gasteiger partial charge in [-0.2, -0.15) is 0 Å². The van der Waals surface area contributed by atoms with Crippen LogP contribution in [0.3, 0.4) is 0 Å². The van der Waals surface area contributed by atoms with Gasteiger partial charge in [0, 0.05) is 0 Å². The van der Waals surface area contributed by atoms with Crippen molar-refractivity contribution in [3.8, 4) is 0 Å². The Balaban J connectivity index is 2.55. The van der Waals surface area contributed by atoms with E-state index in [1.807, 2.05) is 12.1 Å². The van der Waals surface area contributed by atoms with Crippen molar-refractivity contribution >= 4 is 32.1 Å². The summed E-state index contributed by atoms with van der Waals surface area (Å²) in [6, 6.07) is 10.8. The summed E-state index contributed by atoms with van der Waals surface area (Å²) in [4.78, 5) is 0.330. The van der Waals surface area contributed by atoms with Crippen molar-refractivity contribution in [1.29, 1.82) is 0 Å². The molecular formula is C21H34N2O2SSn. The first-order chi connectivity index (χ1) is 13.0. The first kappa shape index (κ1) is 22.5. The molecule has 0 bridgehead atoms. The predicted octanol–water partition coefficient (Wildman–Crippen LogP) is 5.18. The average molecular weight is 497 g/mol.